The van der Waals surface area contributed by atoms with Crippen molar-refractivity contribution in [3.63, 3.8) is 0 Å². The smallest absolute Gasteiger partial charge is 0.326 e. The second-order valence-corrected chi connectivity index (χ2v) is 3.07. The number of carbonyl (C=O) groups excluding carboxylic acids is 1. The lowest BCUT2D eigenvalue weighted by atomic mass is 10.2. The fraction of sp³-hybridized carbons (Fsp3) is 0.778. The van der Waals surface area contributed by atoms with Crippen LogP contribution in [0.4, 0.5) is 0 Å². The predicted molar refractivity (Wildman–Crippen MR) is 50.8 cm³/mol. The van der Waals surface area contributed by atoms with E-state index in [2.05, 4.69) is 5.32 Å². The third-order valence-electron chi connectivity index (χ3n) is 1.81. The zero-order chi connectivity index (χ0) is 11.0. The van der Waals surface area contributed by atoms with E-state index in [1.807, 2.05) is 6.92 Å². The molecule has 0 heterocycles. The maximum atomic E-state index is 11.1. The molecule has 0 fully saturated rings. The maximum absolute atomic E-state index is 11.1. The molecule has 3 N–H and O–H groups in total. The van der Waals surface area contributed by atoms with Crippen molar-refractivity contribution in [3.05, 3.63) is 0 Å². The lowest BCUT2D eigenvalue weighted by molar-refractivity contribution is -0.142. The molecule has 5 heteroatoms. The normalized spacial score (nSPS) is 12.1. The van der Waals surface area contributed by atoms with Crippen molar-refractivity contribution in [2.45, 2.75) is 38.6 Å². The average molecular weight is 203 g/mol. The quantitative estimate of drug-likeness (QED) is 0.549. The summed E-state index contributed by atoms with van der Waals surface area (Å²) in [5, 5.41) is 19.6. The number of aliphatic hydroxyl groups is 1. The van der Waals surface area contributed by atoms with Gasteiger partial charge in [-0.3, -0.25) is 4.79 Å². The Morgan fingerprint density at radius 3 is 2.50 bits per heavy atom. The van der Waals surface area contributed by atoms with Crippen LogP contribution < -0.4 is 5.32 Å². The standard InChI is InChI=1S/C9H17NO4/c1-2-3-4-8(12)10-7(5-6-11)9(13)14/h7,11H,2-6H2,1H3,(H,10,12)(H,13,14). The molecule has 0 aromatic rings. The molecule has 0 aliphatic rings. The van der Waals surface area contributed by atoms with Gasteiger partial charge in [0.2, 0.25) is 5.91 Å². The number of amides is 1. The number of rotatable bonds is 7. The van der Waals surface area contributed by atoms with Crippen molar-refractivity contribution >= 4 is 11.9 Å². The second-order valence-electron chi connectivity index (χ2n) is 3.07. The fourth-order valence-electron chi connectivity index (χ4n) is 0.990. The van der Waals surface area contributed by atoms with Crippen molar-refractivity contribution in [1.29, 1.82) is 0 Å². The Bertz CT molecular complexity index is 193. The number of hydrogen-bond donors (Lipinski definition) is 3. The number of hydrogen-bond acceptors (Lipinski definition) is 3. The van der Waals surface area contributed by atoms with E-state index in [9.17, 15) is 9.59 Å². The van der Waals surface area contributed by atoms with Crippen LogP contribution in [0.15, 0.2) is 0 Å². The largest absolute Gasteiger partial charge is 0.480 e. The van der Waals surface area contributed by atoms with E-state index in [4.69, 9.17) is 10.2 Å². The van der Waals surface area contributed by atoms with Crippen LogP contribution in [0.2, 0.25) is 0 Å². The molecule has 1 unspecified atom stereocenters. The minimum absolute atomic E-state index is 0.0488. The van der Waals surface area contributed by atoms with Gasteiger partial charge < -0.3 is 15.5 Å². The number of aliphatic carboxylic acids is 1. The van der Waals surface area contributed by atoms with Crippen LogP contribution in [0.25, 0.3) is 0 Å². The van der Waals surface area contributed by atoms with E-state index in [1.165, 1.54) is 0 Å². The van der Waals surface area contributed by atoms with Gasteiger partial charge in [-0.15, -0.1) is 0 Å². The van der Waals surface area contributed by atoms with Gasteiger partial charge in [-0.1, -0.05) is 13.3 Å². The minimum Gasteiger partial charge on any atom is -0.480 e. The summed E-state index contributed by atoms with van der Waals surface area (Å²) < 4.78 is 0. The third kappa shape index (κ3) is 5.53. The molecule has 0 rings (SSSR count). The molecule has 0 aromatic carbocycles. The molecule has 0 bridgehead atoms. The molecule has 0 aromatic heterocycles. The Morgan fingerprint density at radius 1 is 1.43 bits per heavy atom. The summed E-state index contributed by atoms with van der Waals surface area (Å²) in [5.74, 6) is -1.38. The molecule has 5 nitrogen and oxygen atoms in total. The van der Waals surface area contributed by atoms with Crippen molar-refractivity contribution in [2.75, 3.05) is 6.61 Å². The minimum atomic E-state index is -1.11. The summed E-state index contributed by atoms with van der Waals surface area (Å²) in [5.41, 5.74) is 0. The average Bonchev–Trinajstić information content (AvgIpc) is 2.14. The Morgan fingerprint density at radius 2 is 2.07 bits per heavy atom. The highest BCUT2D eigenvalue weighted by Gasteiger charge is 2.18. The molecule has 0 aliphatic carbocycles. The van der Waals surface area contributed by atoms with E-state index >= 15 is 0 Å². The number of nitrogens with one attached hydrogen (secondary N) is 1. The van der Waals surface area contributed by atoms with Crippen LogP contribution in [-0.4, -0.2) is 34.7 Å². The van der Waals surface area contributed by atoms with Gasteiger partial charge in [0.05, 0.1) is 0 Å². The van der Waals surface area contributed by atoms with Gasteiger partial charge in [0.1, 0.15) is 6.04 Å². The number of carbonyl (C=O) groups is 2. The first-order valence-corrected chi connectivity index (χ1v) is 4.74. The van der Waals surface area contributed by atoms with Crippen LogP contribution in [-0.2, 0) is 9.59 Å². The lowest BCUT2D eigenvalue weighted by Crippen LogP contribution is -2.41. The van der Waals surface area contributed by atoms with Crippen LogP contribution in [0, 0.1) is 0 Å². The first kappa shape index (κ1) is 12.9. The Labute approximate surface area is 83.1 Å². The third-order valence-corrected chi connectivity index (χ3v) is 1.81. The zero-order valence-corrected chi connectivity index (χ0v) is 8.32. The SMILES string of the molecule is CCCCC(=O)NC(CCO)C(=O)O. The number of carboxylic acid groups (broad SMARTS) is 1. The van der Waals surface area contributed by atoms with Crippen molar-refractivity contribution < 1.29 is 19.8 Å². The van der Waals surface area contributed by atoms with Gasteiger partial charge in [-0.25, -0.2) is 4.79 Å². The summed E-state index contributed by atoms with van der Waals surface area (Å²) in [6.45, 7) is 1.71. The van der Waals surface area contributed by atoms with Crippen molar-refractivity contribution in [2.24, 2.45) is 0 Å². The highest BCUT2D eigenvalue weighted by atomic mass is 16.4. The van der Waals surface area contributed by atoms with Crippen LogP contribution in [0.1, 0.15) is 32.6 Å². The first-order valence-electron chi connectivity index (χ1n) is 4.74. The second kappa shape index (κ2) is 7.32. The maximum Gasteiger partial charge on any atom is 0.326 e. The van der Waals surface area contributed by atoms with E-state index in [-0.39, 0.29) is 18.9 Å². The summed E-state index contributed by atoms with van der Waals surface area (Å²) in [6, 6.07) is -0.968. The van der Waals surface area contributed by atoms with Crippen LogP contribution in [0.3, 0.4) is 0 Å². The summed E-state index contributed by atoms with van der Waals surface area (Å²) in [7, 11) is 0. The number of unbranched alkanes of at least 4 members (excludes halogenated alkanes) is 1. The van der Waals surface area contributed by atoms with Crippen LogP contribution in [0.5, 0.6) is 0 Å². The Kier molecular flexibility index (Phi) is 6.74. The molecule has 0 aliphatic heterocycles. The molecule has 82 valence electrons. The van der Waals surface area contributed by atoms with Gasteiger partial charge in [-0.2, -0.15) is 0 Å². The van der Waals surface area contributed by atoms with E-state index in [0.29, 0.717) is 6.42 Å². The Hall–Kier alpha value is -1.10. The summed E-state index contributed by atoms with van der Waals surface area (Å²) >= 11 is 0. The van der Waals surface area contributed by atoms with Gasteiger partial charge in [0, 0.05) is 19.4 Å². The van der Waals surface area contributed by atoms with Crippen molar-refractivity contribution in [3.8, 4) is 0 Å². The summed E-state index contributed by atoms with van der Waals surface area (Å²) in [4.78, 5) is 21.7. The van der Waals surface area contributed by atoms with E-state index in [1.54, 1.807) is 0 Å². The van der Waals surface area contributed by atoms with Gasteiger partial charge in [0.15, 0.2) is 0 Å². The van der Waals surface area contributed by atoms with Gasteiger partial charge in [-0.05, 0) is 6.42 Å². The zero-order valence-electron chi connectivity index (χ0n) is 8.32. The van der Waals surface area contributed by atoms with Gasteiger partial charge in [0.25, 0.3) is 0 Å². The Balaban J connectivity index is 3.90. The molecule has 0 spiro atoms. The first-order chi connectivity index (χ1) is 6.61. The highest BCUT2D eigenvalue weighted by molar-refractivity contribution is 5.83. The van der Waals surface area contributed by atoms with E-state index in [0.717, 1.165) is 12.8 Å². The predicted octanol–water partition coefficient (Wildman–Crippen LogP) is 0.128. The number of carboxylic acids is 1. The van der Waals surface area contributed by atoms with Crippen molar-refractivity contribution in [1.82, 2.24) is 5.32 Å². The number of aliphatic hydroxyl groups excluding tert-OH is 1. The highest BCUT2D eigenvalue weighted by Crippen LogP contribution is 1.97. The topological polar surface area (TPSA) is 86.6 Å². The molecular formula is C9H17NO4. The monoisotopic (exact) mass is 203 g/mol. The molecule has 0 saturated carbocycles. The molecule has 0 radical (unpaired) electrons. The molecule has 14 heavy (non-hydrogen) atoms. The molecular weight excluding hydrogens is 186 g/mol. The van der Waals surface area contributed by atoms with Crippen LogP contribution >= 0.6 is 0 Å². The van der Waals surface area contributed by atoms with Gasteiger partial charge >= 0.3 is 5.97 Å². The lowest BCUT2D eigenvalue weighted by Gasteiger charge is -2.12. The van der Waals surface area contributed by atoms with E-state index < -0.39 is 12.0 Å². The fourth-order valence-corrected chi connectivity index (χ4v) is 0.990. The molecule has 1 atom stereocenters. The molecule has 1 amide bonds. The molecule has 0 saturated heterocycles. The summed E-state index contributed by atoms with van der Waals surface area (Å²) in [6.07, 6.45) is 2.03.